The molecule has 0 fully saturated rings. The fourth-order valence-electron chi connectivity index (χ4n) is 2.83. The summed E-state index contributed by atoms with van der Waals surface area (Å²) in [6, 6.07) is 25.8. The van der Waals surface area contributed by atoms with Gasteiger partial charge in [-0.25, -0.2) is 4.99 Å². The van der Waals surface area contributed by atoms with Crippen LogP contribution in [0.15, 0.2) is 94.3 Å². The summed E-state index contributed by atoms with van der Waals surface area (Å²) in [5, 5.41) is 0.852. The third-order valence-electron chi connectivity index (χ3n) is 4.24. The minimum atomic E-state index is -0.127. The predicted octanol–water partition coefficient (Wildman–Crippen LogP) is 4.90. The van der Waals surface area contributed by atoms with Crippen LogP contribution in [0.3, 0.4) is 0 Å². The van der Waals surface area contributed by atoms with E-state index < -0.39 is 0 Å². The van der Waals surface area contributed by atoms with E-state index in [1.54, 1.807) is 19.2 Å². The van der Waals surface area contributed by atoms with Gasteiger partial charge in [0.05, 0.1) is 18.4 Å². The van der Waals surface area contributed by atoms with Crippen molar-refractivity contribution in [1.29, 1.82) is 0 Å². The number of para-hydroxylation sites is 1. The molecule has 0 aliphatic carbocycles. The molecule has 4 heteroatoms. The topological polar surface area (TPSA) is 51.8 Å². The number of benzene rings is 3. The van der Waals surface area contributed by atoms with Crippen LogP contribution in [-0.2, 0) is 0 Å². The fourth-order valence-corrected chi connectivity index (χ4v) is 2.83. The zero-order valence-corrected chi connectivity index (χ0v) is 14.8. The number of hydrogen-bond acceptors (Lipinski definition) is 4. The van der Waals surface area contributed by atoms with E-state index in [9.17, 15) is 4.79 Å². The summed E-state index contributed by atoms with van der Waals surface area (Å²) in [6.45, 7) is 0. The van der Waals surface area contributed by atoms with Gasteiger partial charge in [0.15, 0.2) is 5.78 Å². The number of ketones is 1. The average Bonchev–Trinajstić information content (AvgIpc) is 2.74. The van der Waals surface area contributed by atoms with Gasteiger partial charge in [-0.15, -0.1) is 0 Å². The summed E-state index contributed by atoms with van der Waals surface area (Å²) in [5.41, 5.74) is 2.66. The normalized spacial score (nSPS) is 11.5. The number of carbonyl (C=O) groups is 1. The number of methoxy groups -OCH3 is 1. The van der Waals surface area contributed by atoms with Gasteiger partial charge < -0.3 is 9.15 Å². The number of hydrogen-bond donors (Lipinski definition) is 0. The van der Waals surface area contributed by atoms with E-state index in [-0.39, 0.29) is 11.3 Å². The summed E-state index contributed by atoms with van der Waals surface area (Å²) in [5.74, 6) is 0.613. The van der Waals surface area contributed by atoms with Crippen LogP contribution in [0.25, 0.3) is 11.0 Å². The van der Waals surface area contributed by atoms with Crippen molar-refractivity contribution in [2.24, 2.45) is 4.99 Å². The first-order valence-corrected chi connectivity index (χ1v) is 8.56. The minimum absolute atomic E-state index is 0.127. The van der Waals surface area contributed by atoms with Gasteiger partial charge >= 0.3 is 0 Å². The molecule has 1 heterocycles. The van der Waals surface area contributed by atoms with Crippen molar-refractivity contribution >= 4 is 22.4 Å². The molecule has 0 N–H and O–H groups in total. The summed E-state index contributed by atoms with van der Waals surface area (Å²) < 4.78 is 11.2. The Hall–Kier alpha value is -3.66. The van der Waals surface area contributed by atoms with E-state index in [2.05, 4.69) is 4.99 Å². The van der Waals surface area contributed by atoms with Crippen LogP contribution in [0.2, 0.25) is 0 Å². The molecule has 3 aromatic carbocycles. The van der Waals surface area contributed by atoms with Crippen molar-refractivity contribution in [3.05, 3.63) is 102 Å². The number of rotatable bonds is 4. The second kappa shape index (κ2) is 7.30. The Morgan fingerprint density at radius 3 is 2.33 bits per heavy atom. The Morgan fingerprint density at radius 2 is 1.59 bits per heavy atom. The molecule has 0 aliphatic rings. The largest absolute Gasteiger partial charge is 0.497 e. The van der Waals surface area contributed by atoms with Crippen LogP contribution in [0.4, 0.5) is 5.69 Å². The van der Waals surface area contributed by atoms with Crippen molar-refractivity contribution in [1.82, 2.24) is 0 Å². The first kappa shape index (κ1) is 16.8. The number of nitrogens with zero attached hydrogens (tertiary/aromatic N) is 1. The molecule has 4 rings (SSSR count). The quantitative estimate of drug-likeness (QED) is 0.489. The van der Waals surface area contributed by atoms with E-state index in [1.807, 2.05) is 72.8 Å². The summed E-state index contributed by atoms with van der Waals surface area (Å²) in [7, 11) is 1.61. The van der Waals surface area contributed by atoms with Crippen molar-refractivity contribution in [2.75, 3.05) is 7.11 Å². The van der Waals surface area contributed by atoms with Gasteiger partial charge in [-0.2, -0.15) is 0 Å². The molecule has 0 spiro atoms. The third kappa shape index (κ3) is 3.51. The molecule has 0 saturated carbocycles. The lowest BCUT2D eigenvalue weighted by molar-refractivity contribution is 0.103. The molecule has 0 aliphatic heterocycles. The lowest BCUT2D eigenvalue weighted by Crippen LogP contribution is -2.16. The lowest BCUT2D eigenvalue weighted by Gasteiger charge is -2.05. The van der Waals surface area contributed by atoms with E-state index in [4.69, 9.17) is 9.15 Å². The highest BCUT2D eigenvalue weighted by atomic mass is 16.5. The van der Waals surface area contributed by atoms with Crippen molar-refractivity contribution in [3.8, 4) is 5.75 Å². The van der Waals surface area contributed by atoms with Gasteiger partial charge in [0.25, 0.3) is 0 Å². The van der Waals surface area contributed by atoms with Crippen molar-refractivity contribution < 1.29 is 13.9 Å². The molecule has 4 aromatic rings. The predicted molar refractivity (Wildman–Crippen MR) is 104 cm³/mol. The Labute approximate surface area is 156 Å². The Bertz CT molecular complexity index is 1160. The minimum Gasteiger partial charge on any atom is -0.497 e. The van der Waals surface area contributed by atoms with Gasteiger partial charge in [0.1, 0.15) is 11.3 Å². The zero-order chi connectivity index (χ0) is 18.6. The van der Waals surface area contributed by atoms with Crippen LogP contribution < -0.4 is 10.3 Å². The summed E-state index contributed by atoms with van der Waals surface area (Å²) in [4.78, 5) is 17.6. The first-order chi connectivity index (χ1) is 13.2. The van der Waals surface area contributed by atoms with Gasteiger partial charge in [0.2, 0.25) is 5.55 Å². The molecule has 1 aromatic heterocycles. The van der Waals surface area contributed by atoms with E-state index in [0.29, 0.717) is 22.4 Å². The van der Waals surface area contributed by atoms with E-state index in [1.165, 1.54) is 0 Å². The SMILES string of the molecule is COc1ccc(N=c2oc3ccccc3cc2C(=O)c2ccccc2)cc1. The Morgan fingerprint density at radius 1 is 0.889 bits per heavy atom. The van der Waals surface area contributed by atoms with Crippen molar-refractivity contribution in [2.45, 2.75) is 0 Å². The maximum Gasteiger partial charge on any atom is 0.231 e. The zero-order valence-electron chi connectivity index (χ0n) is 14.8. The molecule has 0 atom stereocenters. The van der Waals surface area contributed by atoms with E-state index >= 15 is 0 Å². The molecule has 27 heavy (non-hydrogen) atoms. The summed E-state index contributed by atoms with van der Waals surface area (Å²) >= 11 is 0. The maximum atomic E-state index is 13.1. The monoisotopic (exact) mass is 355 g/mol. The standard InChI is InChI=1S/C23H17NO3/c1-26-19-13-11-18(12-14-19)24-23-20(22(25)16-7-3-2-4-8-16)15-17-9-5-6-10-21(17)27-23/h2-15H,1H3. The molecule has 132 valence electrons. The van der Waals surface area contributed by atoms with Crippen LogP contribution in [0.1, 0.15) is 15.9 Å². The lowest BCUT2D eigenvalue weighted by atomic mass is 10.0. The molecule has 0 bridgehead atoms. The highest BCUT2D eigenvalue weighted by molar-refractivity contribution is 6.09. The maximum absolute atomic E-state index is 13.1. The summed E-state index contributed by atoms with van der Waals surface area (Å²) in [6.07, 6.45) is 0. The van der Waals surface area contributed by atoms with Gasteiger partial charge in [-0.05, 0) is 36.4 Å². The molecule has 0 unspecified atom stereocenters. The molecule has 4 nitrogen and oxygen atoms in total. The third-order valence-corrected chi connectivity index (χ3v) is 4.24. The number of fused-ring (bicyclic) bond motifs is 1. The van der Waals surface area contributed by atoms with Crippen LogP contribution in [0, 0.1) is 0 Å². The molecule has 0 amide bonds. The molecule has 0 saturated heterocycles. The fraction of sp³-hybridized carbons (Fsp3) is 0.0435. The first-order valence-electron chi connectivity index (χ1n) is 8.56. The Balaban J connectivity index is 1.91. The van der Waals surface area contributed by atoms with Gasteiger partial charge in [0, 0.05) is 10.9 Å². The smallest absolute Gasteiger partial charge is 0.231 e. The molecule has 0 radical (unpaired) electrons. The van der Waals surface area contributed by atoms with Crippen LogP contribution >= 0.6 is 0 Å². The van der Waals surface area contributed by atoms with Crippen molar-refractivity contribution in [3.63, 3.8) is 0 Å². The molecular formula is C23H17NO3. The van der Waals surface area contributed by atoms with Gasteiger partial charge in [-0.1, -0.05) is 48.5 Å². The Kier molecular flexibility index (Phi) is 4.54. The highest BCUT2D eigenvalue weighted by Gasteiger charge is 2.14. The molecular weight excluding hydrogens is 338 g/mol. The van der Waals surface area contributed by atoms with Gasteiger partial charge in [-0.3, -0.25) is 4.79 Å². The highest BCUT2D eigenvalue weighted by Crippen LogP contribution is 2.19. The second-order valence-corrected chi connectivity index (χ2v) is 6.01. The average molecular weight is 355 g/mol. The van der Waals surface area contributed by atoms with E-state index in [0.717, 1.165) is 11.1 Å². The second-order valence-electron chi connectivity index (χ2n) is 6.01. The number of carbonyl (C=O) groups excluding carboxylic acids is 1. The van der Waals surface area contributed by atoms with Crippen LogP contribution in [0.5, 0.6) is 5.75 Å². The van der Waals surface area contributed by atoms with Crippen LogP contribution in [-0.4, -0.2) is 12.9 Å². The number of ether oxygens (including phenoxy) is 1.